The van der Waals surface area contributed by atoms with Gasteiger partial charge < -0.3 is 4.74 Å². The first kappa shape index (κ1) is 16.2. The Morgan fingerprint density at radius 1 is 1.38 bits per heavy atom. The third kappa shape index (κ3) is 4.65. The van der Waals surface area contributed by atoms with E-state index in [0.29, 0.717) is 12.6 Å². The molecule has 1 aliphatic heterocycles. The number of nitrogens with zero attached hydrogens (tertiary/aromatic N) is 1. The number of hydrogen-bond donors (Lipinski definition) is 0. The van der Waals surface area contributed by atoms with Crippen LogP contribution in [0.4, 0.5) is 0 Å². The van der Waals surface area contributed by atoms with E-state index in [-0.39, 0.29) is 5.78 Å². The van der Waals surface area contributed by atoms with Crippen LogP contribution in [0.5, 0.6) is 0 Å². The molecule has 0 amide bonds. The van der Waals surface area contributed by atoms with E-state index in [9.17, 15) is 4.79 Å². The fraction of sp³-hybridized carbons (Fsp3) is 0.611. The van der Waals surface area contributed by atoms with E-state index in [1.54, 1.807) is 0 Å². The summed E-state index contributed by atoms with van der Waals surface area (Å²) in [5, 5.41) is 0. The average molecular weight is 289 g/mol. The molecule has 1 aromatic rings. The maximum absolute atomic E-state index is 12.5. The van der Waals surface area contributed by atoms with Crippen molar-refractivity contribution in [3.8, 4) is 0 Å². The Balaban J connectivity index is 1.94. The fourth-order valence-electron chi connectivity index (χ4n) is 2.90. The summed E-state index contributed by atoms with van der Waals surface area (Å²) in [4.78, 5) is 14.8. The Morgan fingerprint density at radius 3 is 2.95 bits per heavy atom. The van der Waals surface area contributed by atoms with Gasteiger partial charge in [-0.3, -0.25) is 9.69 Å². The first-order valence-corrected chi connectivity index (χ1v) is 8.04. The fourth-order valence-corrected chi connectivity index (χ4v) is 2.90. The van der Waals surface area contributed by atoms with Crippen molar-refractivity contribution < 1.29 is 9.53 Å². The summed E-state index contributed by atoms with van der Waals surface area (Å²) in [7, 11) is 0. The zero-order valence-corrected chi connectivity index (χ0v) is 13.5. The Bertz CT molecular complexity index is 484. The van der Waals surface area contributed by atoms with Gasteiger partial charge in [-0.25, -0.2) is 0 Å². The summed E-state index contributed by atoms with van der Waals surface area (Å²) in [6.07, 6.45) is 3.59. The number of hydrogen-bond acceptors (Lipinski definition) is 3. The summed E-state index contributed by atoms with van der Waals surface area (Å²) >= 11 is 0. The highest BCUT2D eigenvalue weighted by Gasteiger charge is 2.22. The van der Waals surface area contributed by atoms with E-state index in [1.807, 2.05) is 26.0 Å². The maximum Gasteiger partial charge on any atom is 0.177 e. The minimum atomic E-state index is 0.229. The number of ketones is 1. The standard InChI is InChI=1S/C18H27NO2/c1-4-10-21-16-6-5-9-19(12-16)13-18(20)17-11-14(2)7-8-15(17)3/h7-8,11,16H,4-6,9-10,12-13H2,1-3H3. The van der Waals surface area contributed by atoms with E-state index in [1.165, 1.54) is 0 Å². The number of piperidine rings is 1. The van der Waals surface area contributed by atoms with Crippen LogP contribution in [0.15, 0.2) is 18.2 Å². The van der Waals surface area contributed by atoms with E-state index < -0.39 is 0 Å². The van der Waals surface area contributed by atoms with Gasteiger partial charge in [0.05, 0.1) is 12.6 Å². The lowest BCUT2D eigenvalue weighted by Crippen LogP contribution is -2.42. The predicted octanol–water partition coefficient (Wildman–Crippen LogP) is 3.38. The number of benzene rings is 1. The molecule has 0 saturated carbocycles. The van der Waals surface area contributed by atoms with Crippen molar-refractivity contribution in [1.29, 1.82) is 0 Å². The van der Waals surface area contributed by atoms with E-state index in [4.69, 9.17) is 4.74 Å². The molecule has 1 atom stereocenters. The van der Waals surface area contributed by atoms with Gasteiger partial charge in [-0.05, 0) is 51.3 Å². The number of rotatable bonds is 6. The van der Waals surface area contributed by atoms with Gasteiger partial charge in [0.2, 0.25) is 0 Å². The first-order chi connectivity index (χ1) is 10.1. The third-order valence-electron chi connectivity index (χ3n) is 4.08. The molecule has 116 valence electrons. The van der Waals surface area contributed by atoms with Crippen molar-refractivity contribution >= 4 is 5.78 Å². The van der Waals surface area contributed by atoms with Crippen LogP contribution in [0.25, 0.3) is 0 Å². The van der Waals surface area contributed by atoms with Gasteiger partial charge in [0.1, 0.15) is 0 Å². The van der Waals surface area contributed by atoms with Crippen LogP contribution in [-0.4, -0.2) is 43.0 Å². The highest BCUT2D eigenvalue weighted by atomic mass is 16.5. The van der Waals surface area contributed by atoms with Gasteiger partial charge in [0, 0.05) is 18.7 Å². The summed E-state index contributed by atoms with van der Waals surface area (Å²) in [6.45, 7) is 9.39. The molecule has 3 nitrogen and oxygen atoms in total. The number of aryl methyl sites for hydroxylation is 2. The lowest BCUT2D eigenvalue weighted by Gasteiger charge is -2.32. The van der Waals surface area contributed by atoms with Crippen molar-refractivity contribution in [1.82, 2.24) is 4.90 Å². The SMILES string of the molecule is CCCOC1CCCN(CC(=O)c2cc(C)ccc2C)C1. The van der Waals surface area contributed by atoms with Crippen LogP contribution in [0, 0.1) is 13.8 Å². The molecular formula is C18H27NO2. The molecule has 0 aromatic heterocycles. The molecule has 0 N–H and O–H groups in total. The van der Waals surface area contributed by atoms with Crippen LogP contribution < -0.4 is 0 Å². The van der Waals surface area contributed by atoms with Crippen LogP contribution >= 0.6 is 0 Å². The van der Waals surface area contributed by atoms with Gasteiger partial charge in [-0.1, -0.05) is 24.6 Å². The third-order valence-corrected chi connectivity index (χ3v) is 4.08. The molecule has 0 spiro atoms. The smallest absolute Gasteiger partial charge is 0.177 e. The number of ether oxygens (including phenoxy) is 1. The van der Waals surface area contributed by atoms with Gasteiger partial charge in [0.15, 0.2) is 5.78 Å². The van der Waals surface area contributed by atoms with Gasteiger partial charge >= 0.3 is 0 Å². The molecule has 1 saturated heterocycles. The second-order valence-corrected chi connectivity index (χ2v) is 6.11. The molecule has 1 aliphatic rings. The minimum absolute atomic E-state index is 0.229. The average Bonchev–Trinajstić information content (AvgIpc) is 2.48. The summed E-state index contributed by atoms with van der Waals surface area (Å²) in [5.41, 5.74) is 3.08. The summed E-state index contributed by atoms with van der Waals surface area (Å²) in [6, 6.07) is 6.10. The molecule has 1 aromatic carbocycles. The highest BCUT2D eigenvalue weighted by Crippen LogP contribution is 2.16. The Labute approximate surface area is 128 Å². The van der Waals surface area contributed by atoms with Crippen LogP contribution in [0.2, 0.25) is 0 Å². The quantitative estimate of drug-likeness (QED) is 0.752. The lowest BCUT2D eigenvalue weighted by molar-refractivity contribution is 0.00130. The lowest BCUT2D eigenvalue weighted by atomic mass is 10.0. The van der Waals surface area contributed by atoms with Crippen molar-refractivity contribution in [3.63, 3.8) is 0 Å². The van der Waals surface area contributed by atoms with Crippen molar-refractivity contribution in [2.75, 3.05) is 26.2 Å². The molecule has 2 rings (SSSR count). The maximum atomic E-state index is 12.5. The summed E-state index contributed by atoms with van der Waals surface area (Å²) < 4.78 is 5.84. The molecular weight excluding hydrogens is 262 g/mol. The molecule has 0 bridgehead atoms. The highest BCUT2D eigenvalue weighted by molar-refractivity contribution is 5.99. The summed E-state index contributed by atoms with van der Waals surface area (Å²) in [5.74, 6) is 0.229. The van der Waals surface area contributed by atoms with Crippen molar-refractivity contribution in [3.05, 3.63) is 34.9 Å². The molecule has 1 unspecified atom stereocenters. The van der Waals surface area contributed by atoms with Crippen molar-refractivity contribution in [2.45, 2.75) is 46.1 Å². The second-order valence-electron chi connectivity index (χ2n) is 6.11. The Morgan fingerprint density at radius 2 is 2.19 bits per heavy atom. The minimum Gasteiger partial charge on any atom is -0.377 e. The van der Waals surface area contributed by atoms with Gasteiger partial charge in [-0.15, -0.1) is 0 Å². The molecule has 21 heavy (non-hydrogen) atoms. The normalized spacial score (nSPS) is 19.7. The van der Waals surface area contributed by atoms with Gasteiger partial charge in [-0.2, -0.15) is 0 Å². The Kier molecular flexibility index (Phi) is 5.95. The van der Waals surface area contributed by atoms with E-state index in [0.717, 1.165) is 55.6 Å². The van der Waals surface area contributed by atoms with E-state index >= 15 is 0 Å². The Hall–Kier alpha value is -1.19. The molecule has 1 fully saturated rings. The first-order valence-electron chi connectivity index (χ1n) is 8.04. The largest absolute Gasteiger partial charge is 0.377 e. The van der Waals surface area contributed by atoms with Crippen molar-refractivity contribution in [2.24, 2.45) is 0 Å². The molecule has 3 heteroatoms. The molecule has 1 heterocycles. The van der Waals surface area contributed by atoms with Crippen LogP contribution in [0.3, 0.4) is 0 Å². The molecule has 0 radical (unpaired) electrons. The zero-order valence-electron chi connectivity index (χ0n) is 13.5. The number of carbonyl (C=O) groups is 1. The number of Topliss-reactive ketones (excluding diaryl/α,β-unsaturated/α-hetero) is 1. The van der Waals surface area contributed by atoms with E-state index in [2.05, 4.69) is 17.9 Å². The molecule has 0 aliphatic carbocycles. The second kappa shape index (κ2) is 7.71. The van der Waals surface area contributed by atoms with Crippen LogP contribution in [-0.2, 0) is 4.74 Å². The predicted molar refractivity (Wildman–Crippen MR) is 86.0 cm³/mol. The zero-order chi connectivity index (χ0) is 15.2. The monoisotopic (exact) mass is 289 g/mol. The number of likely N-dealkylation sites (tertiary alicyclic amines) is 1. The van der Waals surface area contributed by atoms with Gasteiger partial charge in [0.25, 0.3) is 0 Å². The topological polar surface area (TPSA) is 29.5 Å². The van der Waals surface area contributed by atoms with Crippen LogP contribution in [0.1, 0.15) is 47.7 Å². The number of carbonyl (C=O) groups excluding carboxylic acids is 1.